The summed E-state index contributed by atoms with van der Waals surface area (Å²) in [5.74, 6) is 1.27. The number of hydrogen-bond donors (Lipinski definition) is 1. The topological polar surface area (TPSA) is 70.1 Å². The van der Waals surface area contributed by atoms with E-state index in [1.54, 1.807) is 12.1 Å². The lowest BCUT2D eigenvalue weighted by molar-refractivity contribution is 0.149. The molecule has 0 amide bonds. The summed E-state index contributed by atoms with van der Waals surface area (Å²) in [5, 5.41) is 10.8. The van der Waals surface area contributed by atoms with Crippen LogP contribution in [0.4, 0.5) is 5.69 Å². The molecule has 0 aromatic heterocycles. The summed E-state index contributed by atoms with van der Waals surface area (Å²) in [6.45, 7) is 9.26. The maximum atomic E-state index is 14.0. The number of piperidine rings is 1. The molecule has 1 aliphatic carbocycles. The molecule has 2 aromatic rings. The molecule has 35 heavy (non-hydrogen) atoms. The molecule has 0 saturated carbocycles. The quantitative estimate of drug-likeness (QED) is 0.536. The average molecular weight is 501 g/mol. The number of rotatable bonds is 9. The monoisotopic (exact) mass is 500 g/mol. The van der Waals surface area contributed by atoms with Crippen molar-refractivity contribution in [2.75, 3.05) is 37.6 Å². The fourth-order valence-electron chi connectivity index (χ4n) is 5.17. The predicted molar refractivity (Wildman–Crippen MR) is 141 cm³/mol. The van der Waals surface area contributed by atoms with Gasteiger partial charge in [0, 0.05) is 12.1 Å². The third kappa shape index (κ3) is 5.68. The number of aliphatic hydroxyl groups excluding tert-OH is 1. The Balaban J connectivity index is 1.65. The number of nitrogens with zero attached hydrogens (tertiary/aromatic N) is 2. The van der Waals surface area contributed by atoms with E-state index in [1.165, 1.54) is 9.87 Å². The fraction of sp³-hybridized carbons (Fsp3) is 0.571. The third-order valence-corrected chi connectivity index (χ3v) is 9.20. The van der Waals surface area contributed by atoms with Crippen LogP contribution in [-0.2, 0) is 22.9 Å². The number of fused-ring (bicyclic) bond motifs is 1. The summed E-state index contributed by atoms with van der Waals surface area (Å²) >= 11 is 0. The number of ether oxygens (including phenoxy) is 1. The normalized spacial score (nSPS) is 19.2. The van der Waals surface area contributed by atoms with E-state index in [-0.39, 0.29) is 10.8 Å². The summed E-state index contributed by atoms with van der Waals surface area (Å²) in [6, 6.07) is 11.2. The van der Waals surface area contributed by atoms with Crippen molar-refractivity contribution < 1.29 is 18.3 Å². The van der Waals surface area contributed by atoms with Crippen LogP contribution in [-0.4, -0.2) is 51.7 Å². The highest BCUT2D eigenvalue weighted by molar-refractivity contribution is 7.92. The Morgan fingerprint density at radius 1 is 1.09 bits per heavy atom. The largest absolute Gasteiger partial charge is 0.493 e. The van der Waals surface area contributed by atoms with Gasteiger partial charge in [-0.2, -0.15) is 0 Å². The van der Waals surface area contributed by atoms with Gasteiger partial charge in [0.15, 0.2) is 0 Å². The van der Waals surface area contributed by atoms with Crippen LogP contribution < -0.4 is 9.04 Å². The van der Waals surface area contributed by atoms with Gasteiger partial charge in [-0.05, 0) is 99.5 Å². The minimum atomic E-state index is -3.81. The number of sulfonamides is 1. The molecule has 0 bridgehead atoms. The summed E-state index contributed by atoms with van der Waals surface area (Å²) in [5.41, 5.74) is 3.21. The molecule has 7 heteroatoms. The number of likely N-dealkylation sites (tertiary alicyclic amines) is 1. The zero-order valence-electron chi connectivity index (χ0n) is 21.5. The molecule has 4 rings (SSSR count). The SMILES string of the molecule is CCc1ccc(N(CC(C)C)S(=O)(=O)c2ccc(OCC3CCN(C)CC3)c3c2CCC3O)cc1. The van der Waals surface area contributed by atoms with Gasteiger partial charge < -0.3 is 14.7 Å². The fourth-order valence-corrected chi connectivity index (χ4v) is 7.06. The second kappa shape index (κ2) is 10.9. The van der Waals surface area contributed by atoms with Crippen LogP contribution >= 0.6 is 0 Å². The number of anilines is 1. The Morgan fingerprint density at radius 3 is 2.40 bits per heavy atom. The highest BCUT2D eigenvalue weighted by atomic mass is 32.2. The van der Waals surface area contributed by atoms with Crippen molar-refractivity contribution in [2.45, 2.75) is 63.9 Å². The van der Waals surface area contributed by atoms with E-state index in [0.29, 0.717) is 54.5 Å². The first-order valence-electron chi connectivity index (χ1n) is 13.0. The molecular formula is C28H40N2O4S. The Bertz CT molecular complexity index is 1110. The van der Waals surface area contributed by atoms with Gasteiger partial charge in [0.05, 0.1) is 23.3 Å². The van der Waals surface area contributed by atoms with Crippen molar-refractivity contribution in [1.29, 1.82) is 0 Å². The maximum absolute atomic E-state index is 14.0. The van der Waals surface area contributed by atoms with Crippen LogP contribution in [0.15, 0.2) is 41.3 Å². The van der Waals surface area contributed by atoms with E-state index in [9.17, 15) is 13.5 Å². The van der Waals surface area contributed by atoms with Crippen LogP contribution in [0.25, 0.3) is 0 Å². The van der Waals surface area contributed by atoms with Gasteiger partial charge in [0.2, 0.25) is 0 Å². The highest BCUT2D eigenvalue weighted by Gasteiger charge is 2.35. The lowest BCUT2D eigenvalue weighted by Gasteiger charge is -2.29. The lowest BCUT2D eigenvalue weighted by Crippen LogP contribution is -2.35. The first kappa shape index (κ1) is 26.0. The molecule has 1 unspecified atom stereocenters. The zero-order chi connectivity index (χ0) is 25.2. The maximum Gasteiger partial charge on any atom is 0.264 e. The predicted octanol–water partition coefficient (Wildman–Crippen LogP) is 4.80. The Hall–Kier alpha value is -2.09. The Labute approximate surface area is 211 Å². The van der Waals surface area contributed by atoms with Gasteiger partial charge in [-0.15, -0.1) is 0 Å². The van der Waals surface area contributed by atoms with E-state index in [2.05, 4.69) is 18.9 Å². The third-order valence-electron chi connectivity index (χ3n) is 7.32. The minimum absolute atomic E-state index is 0.159. The standard InChI is InChI=1S/C28H40N2O4S/c1-5-21-6-8-23(9-7-21)30(18-20(2)3)35(32,33)27-13-12-26(28-24(27)10-11-25(28)31)34-19-22-14-16-29(4)17-15-22/h6-9,12-13,20,22,25,31H,5,10-11,14-19H2,1-4H3. The molecule has 1 fully saturated rings. The first-order chi connectivity index (χ1) is 16.7. The van der Waals surface area contributed by atoms with Gasteiger partial charge in [-0.1, -0.05) is 32.9 Å². The van der Waals surface area contributed by atoms with Crippen molar-refractivity contribution in [1.82, 2.24) is 4.90 Å². The molecule has 6 nitrogen and oxygen atoms in total. The van der Waals surface area contributed by atoms with Crippen molar-refractivity contribution >= 4 is 15.7 Å². The lowest BCUT2D eigenvalue weighted by atomic mass is 9.98. The van der Waals surface area contributed by atoms with Crippen molar-refractivity contribution in [3.05, 3.63) is 53.1 Å². The average Bonchev–Trinajstić information content (AvgIpc) is 3.23. The summed E-state index contributed by atoms with van der Waals surface area (Å²) in [4.78, 5) is 2.62. The molecule has 1 aliphatic heterocycles. The van der Waals surface area contributed by atoms with Gasteiger partial charge in [0.25, 0.3) is 10.0 Å². The molecule has 0 spiro atoms. The van der Waals surface area contributed by atoms with Crippen LogP contribution in [0, 0.1) is 11.8 Å². The van der Waals surface area contributed by atoms with Crippen molar-refractivity contribution in [2.24, 2.45) is 11.8 Å². The van der Waals surface area contributed by atoms with E-state index < -0.39 is 16.1 Å². The van der Waals surface area contributed by atoms with Gasteiger partial charge >= 0.3 is 0 Å². The van der Waals surface area contributed by atoms with E-state index in [0.717, 1.165) is 32.4 Å². The molecule has 1 saturated heterocycles. The summed E-state index contributed by atoms with van der Waals surface area (Å²) in [7, 11) is -1.68. The van der Waals surface area contributed by atoms with E-state index >= 15 is 0 Å². The summed E-state index contributed by atoms with van der Waals surface area (Å²) < 4.78 is 35.8. The molecule has 1 heterocycles. The molecule has 192 valence electrons. The first-order valence-corrected chi connectivity index (χ1v) is 14.4. The van der Waals surface area contributed by atoms with Crippen LogP contribution in [0.3, 0.4) is 0 Å². The van der Waals surface area contributed by atoms with E-state index in [4.69, 9.17) is 4.74 Å². The number of aliphatic hydroxyl groups is 1. The number of aryl methyl sites for hydroxylation is 1. The molecule has 1 atom stereocenters. The Kier molecular flexibility index (Phi) is 8.09. The van der Waals surface area contributed by atoms with Gasteiger partial charge in [-0.25, -0.2) is 8.42 Å². The smallest absolute Gasteiger partial charge is 0.264 e. The number of benzene rings is 2. The number of hydrogen-bond acceptors (Lipinski definition) is 5. The second-order valence-electron chi connectivity index (χ2n) is 10.5. The molecular weight excluding hydrogens is 460 g/mol. The van der Waals surface area contributed by atoms with E-state index in [1.807, 2.05) is 38.1 Å². The minimum Gasteiger partial charge on any atom is -0.493 e. The van der Waals surface area contributed by atoms with Crippen LogP contribution in [0.5, 0.6) is 5.75 Å². The molecule has 2 aromatic carbocycles. The second-order valence-corrected chi connectivity index (χ2v) is 12.3. The molecule has 1 N–H and O–H groups in total. The zero-order valence-corrected chi connectivity index (χ0v) is 22.4. The highest BCUT2D eigenvalue weighted by Crippen LogP contribution is 2.43. The molecule has 2 aliphatic rings. The molecule has 0 radical (unpaired) electrons. The summed E-state index contributed by atoms with van der Waals surface area (Å²) in [6.07, 6.45) is 3.43. The van der Waals surface area contributed by atoms with Crippen LogP contribution in [0.2, 0.25) is 0 Å². The van der Waals surface area contributed by atoms with Crippen molar-refractivity contribution in [3.63, 3.8) is 0 Å². The van der Waals surface area contributed by atoms with Gasteiger partial charge in [-0.3, -0.25) is 4.31 Å². The van der Waals surface area contributed by atoms with Crippen molar-refractivity contribution in [3.8, 4) is 5.75 Å². The van der Waals surface area contributed by atoms with Crippen LogP contribution in [0.1, 0.15) is 62.8 Å². The van der Waals surface area contributed by atoms with Gasteiger partial charge in [0.1, 0.15) is 5.75 Å². The Morgan fingerprint density at radius 2 is 1.77 bits per heavy atom.